The number of carbonyl (C=O) groups is 3. The van der Waals surface area contributed by atoms with Crippen molar-refractivity contribution in [3.63, 3.8) is 0 Å². The Morgan fingerprint density at radius 2 is 1.67 bits per heavy atom. The van der Waals surface area contributed by atoms with Gasteiger partial charge >= 0.3 is 5.97 Å². The zero-order chi connectivity index (χ0) is 13.5. The lowest BCUT2D eigenvalue weighted by Crippen LogP contribution is -2.41. The van der Waals surface area contributed by atoms with Crippen molar-refractivity contribution in [2.45, 2.75) is 12.8 Å². The van der Waals surface area contributed by atoms with Crippen molar-refractivity contribution in [2.24, 2.45) is 0 Å². The minimum absolute atomic E-state index is 0.198. The molecule has 0 aliphatic rings. The molecule has 0 aromatic heterocycles. The average molecular weight is 271 g/mol. The van der Waals surface area contributed by atoms with Gasteiger partial charge < -0.3 is 5.11 Å². The molecule has 0 atom stereocenters. The molecule has 0 heterocycles. The molecule has 0 saturated heterocycles. The number of rotatable bonds is 4. The van der Waals surface area contributed by atoms with Crippen molar-refractivity contribution in [1.82, 2.24) is 10.9 Å². The standard InChI is InChI=1S/C11H11ClN2O4/c12-8-3-1-7(2-4-8)11(18)14-13-9(15)5-6-10(16)17/h1-4H,5-6H2,(H,13,15)(H,14,18)(H,16,17). The van der Waals surface area contributed by atoms with E-state index in [1.54, 1.807) is 12.1 Å². The third-order valence-corrected chi connectivity index (χ3v) is 2.24. The fourth-order valence-corrected chi connectivity index (χ4v) is 1.21. The largest absolute Gasteiger partial charge is 0.481 e. The van der Waals surface area contributed by atoms with Crippen molar-refractivity contribution in [1.29, 1.82) is 0 Å². The average Bonchev–Trinajstić information content (AvgIpc) is 2.34. The van der Waals surface area contributed by atoms with Gasteiger partial charge in [-0.3, -0.25) is 25.2 Å². The van der Waals surface area contributed by atoms with E-state index < -0.39 is 17.8 Å². The van der Waals surface area contributed by atoms with Gasteiger partial charge in [0, 0.05) is 17.0 Å². The summed E-state index contributed by atoms with van der Waals surface area (Å²) in [5.41, 5.74) is 4.61. The number of aliphatic carboxylic acids is 1. The number of carboxylic acid groups (broad SMARTS) is 1. The Kier molecular flexibility index (Phi) is 5.13. The molecule has 0 spiro atoms. The molecule has 0 radical (unpaired) electrons. The van der Waals surface area contributed by atoms with E-state index in [0.29, 0.717) is 10.6 Å². The number of halogens is 1. The maximum Gasteiger partial charge on any atom is 0.303 e. The van der Waals surface area contributed by atoms with Gasteiger partial charge in [0.05, 0.1) is 6.42 Å². The minimum Gasteiger partial charge on any atom is -0.481 e. The molecule has 0 fully saturated rings. The first kappa shape index (κ1) is 14.0. The Labute approximate surface area is 108 Å². The van der Waals surface area contributed by atoms with Crippen LogP contribution in [0.25, 0.3) is 0 Å². The monoisotopic (exact) mass is 270 g/mol. The lowest BCUT2D eigenvalue weighted by Gasteiger charge is -2.06. The van der Waals surface area contributed by atoms with Crippen molar-refractivity contribution < 1.29 is 19.5 Å². The topological polar surface area (TPSA) is 95.5 Å². The maximum atomic E-state index is 11.5. The molecule has 3 N–H and O–H groups in total. The Morgan fingerprint density at radius 1 is 1.06 bits per heavy atom. The first-order valence-electron chi connectivity index (χ1n) is 5.05. The number of benzene rings is 1. The Balaban J connectivity index is 2.39. The van der Waals surface area contributed by atoms with E-state index in [4.69, 9.17) is 16.7 Å². The highest BCUT2D eigenvalue weighted by atomic mass is 35.5. The quantitative estimate of drug-likeness (QED) is 0.710. The predicted molar refractivity (Wildman–Crippen MR) is 63.9 cm³/mol. The second kappa shape index (κ2) is 6.61. The van der Waals surface area contributed by atoms with Gasteiger partial charge in [-0.05, 0) is 24.3 Å². The van der Waals surface area contributed by atoms with E-state index >= 15 is 0 Å². The Bertz CT molecular complexity index is 459. The molecular formula is C11H11ClN2O4. The van der Waals surface area contributed by atoms with Gasteiger partial charge in [0.15, 0.2) is 0 Å². The molecule has 96 valence electrons. The molecule has 1 aromatic carbocycles. The maximum absolute atomic E-state index is 11.5. The van der Waals surface area contributed by atoms with Gasteiger partial charge in [0.25, 0.3) is 5.91 Å². The van der Waals surface area contributed by atoms with Crippen LogP contribution in [0, 0.1) is 0 Å². The van der Waals surface area contributed by atoms with Gasteiger partial charge in [-0.15, -0.1) is 0 Å². The van der Waals surface area contributed by atoms with Crippen LogP contribution < -0.4 is 10.9 Å². The molecule has 0 aliphatic carbocycles. The van der Waals surface area contributed by atoms with Crippen molar-refractivity contribution >= 4 is 29.4 Å². The van der Waals surface area contributed by atoms with E-state index in [1.165, 1.54) is 12.1 Å². The van der Waals surface area contributed by atoms with Gasteiger partial charge in [-0.25, -0.2) is 0 Å². The first-order valence-corrected chi connectivity index (χ1v) is 5.43. The van der Waals surface area contributed by atoms with E-state index in [0.717, 1.165) is 0 Å². The van der Waals surface area contributed by atoms with E-state index in [9.17, 15) is 14.4 Å². The fraction of sp³-hybridized carbons (Fsp3) is 0.182. The summed E-state index contributed by atoms with van der Waals surface area (Å²) in [5, 5.41) is 8.86. The number of hydrazine groups is 1. The molecule has 0 unspecified atom stereocenters. The van der Waals surface area contributed by atoms with Gasteiger partial charge in [0.2, 0.25) is 5.91 Å². The van der Waals surface area contributed by atoms with E-state index in [1.807, 2.05) is 0 Å². The smallest absolute Gasteiger partial charge is 0.303 e. The summed E-state index contributed by atoms with van der Waals surface area (Å²) >= 11 is 5.66. The lowest BCUT2D eigenvalue weighted by molar-refractivity contribution is -0.138. The van der Waals surface area contributed by atoms with Crippen LogP contribution in [0.1, 0.15) is 23.2 Å². The summed E-state index contributed by atoms with van der Waals surface area (Å²) in [7, 11) is 0. The molecule has 1 rings (SSSR count). The molecule has 7 heteroatoms. The zero-order valence-corrected chi connectivity index (χ0v) is 10.0. The molecule has 0 saturated carbocycles. The van der Waals surface area contributed by atoms with E-state index in [-0.39, 0.29) is 12.8 Å². The van der Waals surface area contributed by atoms with Crippen LogP contribution in [-0.4, -0.2) is 22.9 Å². The molecule has 0 aliphatic heterocycles. The van der Waals surface area contributed by atoms with Crippen LogP contribution in [0.15, 0.2) is 24.3 Å². The summed E-state index contributed by atoms with van der Waals surface area (Å²) in [6, 6.07) is 6.09. The number of amides is 2. The number of carbonyl (C=O) groups excluding carboxylic acids is 2. The molecule has 18 heavy (non-hydrogen) atoms. The molecule has 0 bridgehead atoms. The summed E-state index contributed by atoms with van der Waals surface area (Å²) in [5.74, 6) is -2.15. The number of hydrogen-bond acceptors (Lipinski definition) is 3. The normalized spacial score (nSPS) is 9.61. The SMILES string of the molecule is O=C(O)CCC(=O)NNC(=O)c1ccc(Cl)cc1. The molecule has 1 aromatic rings. The Hall–Kier alpha value is -2.08. The number of nitrogens with one attached hydrogen (secondary N) is 2. The molecule has 2 amide bonds. The van der Waals surface area contributed by atoms with E-state index in [2.05, 4.69) is 10.9 Å². The van der Waals surface area contributed by atoms with Crippen molar-refractivity contribution in [2.75, 3.05) is 0 Å². The third-order valence-electron chi connectivity index (χ3n) is 1.99. The minimum atomic E-state index is -1.07. The predicted octanol–water partition coefficient (Wildman–Crippen LogP) is 0.966. The highest BCUT2D eigenvalue weighted by Gasteiger charge is 2.08. The second-order valence-electron chi connectivity index (χ2n) is 3.40. The summed E-state index contributed by atoms with van der Waals surface area (Å²) in [4.78, 5) is 32.9. The zero-order valence-electron chi connectivity index (χ0n) is 9.27. The van der Waals surface area contributed by atoms with Gasteiger partial charge in [-0.2, -0.15) is 0 Å². The van der Waals surface area contributed by atoms with Crippen molar-refractivity contribution in [3.8, 4) is 0 Å². The van der Waals surface area contributed by atoms with Crippen LogP contribution in [-0.2, 0) is 9.59 Å². The van der Waals surface area contributed by atoms with Crippen LogP contribution in [0.5, 0.6) is 0 Å². The highest BCUT2D eigenvalue weighted by molar-refractivity contribution is 6.30. The summed E-state index contributed by atoms with van der Waals surface area (Å²) < 4.78 is 0. The van der Waals surface area contributed by atoms with Crippen molar-refractivity contribution in [3.05, 3.63) is 34.9 Å². The van der Waals surface area contributed by atoms with Gasteiger partial charge in [0.1, 0.15) is 0 Å². The summed E-state index contributed by atoms with van der Waals surface area (Å²) in [6.07, 6.45) is -0.487. The van der Waals surface area contributed by atoms with Crippen LogP contribution in [0.4, 0.5) is 0 Å². The van der Waals surface area contributed by atoms with Crippen LogP contribution in [0.3, 0.4) is 0 Å². The molecule has 6 nitrogen and oxygen atoms in total. The third kappa shape index (κ3) is 4.84. The van der Waals surface area contributed by atoms with Crippen LogP contribution >= 0.6 is 11.6 Å². The van der Waals surface area contributed by atoms with Gasteiger partial charge in [-0.1, -0.05) is 11.6 Å². The summed E-state index contributed by atoms with van der Waals surface area (Å²) in [6.45, 7) is 0. The van der Waals surface area contributed by atoms with Crippen LogP contribution in [0.2, 0.25) is 5.02 Å². The number of hydrogen-bond donors (Lipinski definition) is 3. The lowest BCUT2D eigenvalue weighted by atomic mass is 10.2. The first-order chi connectivity index (χ1) is 8.49. The fourth-order valence-electron chi connectivity index (χ4n) is 1.08. The second-order valence-corrected chi connectivity index (χ2v) is 3.84. The highest BCUT2D eigenvalue weighted by Crippen LogP contribution is 2.08. The molecular weight excluding hydrogens is 260 g/mol. The number of carboxylic acids is 1. The Morgan fingerprint density at radius 3 is 2.22 bits per heavy atom.